The van der Waals surface area contributed by atoms with E-state index in [2.05, 4.69) is 5.32 Å². The minimum Gasteiger partial charge on any atom is -0.322 e. The molecule has 3 aliphatic heterocycles. The molecule has 3 aliphatic rings. The van der Waals surface area contributed by atoms with Gasteiger partial charge in [-0.3, -0.25) is 19.7 Å². The van der Waals surface area contributed by atoms with E-state index in [1.165, 1.54) is 21.3 Å². The summed E-state index contributed by atoms with van der Waals surface area (Å²) in [7, 11) is -3.37. The van der Waals surface area contributed by atoms with Crippen LogP contribution in [0.15, 0.2) is 12.1 Å². The SMILES string of the molecule is O=C1CCC(N2Cc3c(cc(F)cc3C3CCN(S(=O)(=O)CCCCl)CC3)C2=O)C(=O)N1. The van der Waals surface area contributed by atoms with E-state index in [1.54, 1.807) is 0 Å². The lowest BCUT2D eigenvalue weighted by molar-refractivity contribution is -0.136. The van der Waals surface area contributed by atoms with E-state index in [4.69, 9.17) is 11.6 Å². The molecule has 4 rings (SSSR count). The molecule has 2 saturated heterocycles. The van der Waals surface area contributed by atoms with E-state index in [0.717, 1.165) is 0 Å². The van der Waals surface area contributed by atoms with Crippen molar-refractivity contribution in [3.8, 4) is 0 Å². The molecule has 11 heteroatoms. The number of piperidine rings is 2. The summed E-state index contributed by atoms with van der Waals surface area (Å²) in [5, 5.41) is 2.26. The zero-order valence-electron chi connectivity index (χ0n) is 17.5. The first kappa shape index (κ1) is 23.1. The van der Waals surface area contributed by atoms with Gasteiger partial charge in [0.25, 0.3) is 5.91 Å². The highest BCUT2D eigenvalue weighted by molar-refractivity contribution is 7.89. The summed E-state index contributed by atoms with van der Waals surface area (Å²) in [4.78, 5) is 38.1. The fraction of sp³-hybridized carbons (Fsp3) is 0.571. The number of nitrogens with one attached hydrogen (secondary N) is 1. The van der Waals surface area contributed by atoms with Crippen LogP contribution in [0.1, 0.15) is 59.5 Å². The molecule has 2 fully saturated rings. The Morgan fingerprint density at radius 3 is 2.50 bits per heavy atom. The first-order valence-electron chi connectivity index (χ1n) is 10.7. The van der Waals surface area contributed by atoms with Crippen LogP contribution in [0.4, 0.5) is 4.39 Å². The van der Waals surface area contributed by atoms with Crippen LogP contribution in [-0.4, -0.2) is 66.1 Å². The lowest BCUT2D eigenvalue weighted by atomic mass is 9.86. The monoisotopic (exact) mass is 485 g/mol. The third-order valence-corrected chi connectivity index (χ3v) is 8.70. The van der Waals surface area contributed by atoms with E-state index in [9.17, 15) is 27.2 Å². The molecule has 1 aromatic rings. The van der Waals surface area contributed by atoms with E-state index < -0.39 is 33.7 Å². The van der Waals surface area contributed by atoms with Gasteiger partial charge in [0.1, 0.15) is 11.9 Å². The highest BCUT2D eigenvalue weighted by Crippen LogP contribution is 2.38. The topological polar surface area (TPSA) is 104 Å². The Morgan fingerprint density at radius 1 is 1.12 bits per heavy atom. The molecule has 0 radical (unpaired) electrons. The quantitative estimate of drug-likeness (QED) is 0.488. The molecule has 0 bridgehead atoms. The van der Waals surface area contributed by atoms with E-state index in [0.29, 0.717) is 43.5 Å². The van der Waals surface area contributed by atoms with Gasteiger partial charge in [-0.05, 0) is 54.9 Å². The first-order valence-corrected chi connectivity index (χ1v) is 12.9. The Balaban J connectivity index is 1.53. The van der Waals surface area contributed by atoms with Crippen LogP contribution in [-0.2, 0) is 26.2 Å². The van der Waals surface area contributed by atoms with Gasteiger partial charge in [-0.1, -0.05) is 0 Å². The molecular weight excluding hydrogens is 461 g/mol. The molecule has 3 heterocycles. The summed E-state index contributed by atoms with van der Waals surface area (Å²) < 4.78 is 40.8. The molecule has 8 nitrogen and oxygen atoms in total. The predicted molar refractivity (Wildman–Crippen MR) is 115 cm³/mol. The minimum atomic E-state index is -3.37. The Labute approximate surface area is 191 Å². The van der Waals surface area contributed by atoms with Gasteiger partial charge in [0, 0.05) is 37.5 Å². The third kappa shape index (κ3) is 4.40. The molecule has 1 aromatic carbocycles. The van der Waals surface area contributed by atoms with Gasteiger partial charge in [0.05, 0.1) is 5.75 Å². The van der Waals surface area contributed by atoms with Gasteiger partial charge in [0.2, 0.25) is 21.8 Å². The summed E-state index contributed by atoms with van der Waals surface area (Å²) in [6.45, 7) is 0.820. The van der Waals surface area contributed by atoms with Crippen molar-refractivity contribution in [3.63, 3.8) is 0 Å². The molecule has 1 N–H and O–H groups in total. The van der Waals surface area contributed by atoms with Crippen LogP contribution in [0.3, 0.4) is 0 Å². The summed E-state index contributed by atoms with van der Waals surface area (Å²) in [5.41, 5.74) is 1.62. The summed E-state index contributed by atoms with van der Waals surface area (Å²) in [6, 6.07) is 1.85. The van der Waals surface area contributed by atoms with Gasteiger partial charge in [-0.25, -0.2) is 17.1 Å². The zero-order valence-corrected chi connectivity index (χ0v) is 19.1. The molecule has 0 aliphatic carbocycles. The summed E-state index contributed by atoms with van der Waals surface area (Å²) >= 11 is 5.62. The number of fused-ring (bicyclic) bond motifs is 1. The average molecular weight is 486 g/mol. The Morgan fingerprint density at radius 2 is 1.84 bits per heavy atom. The molecule has 0 spiro atoms. The molecule has 0 saturated carbocycles. The Kier molecular flexibility index (Phi) is 6.56. The van der Waals surface area contributed by atoms with Gasteiger partial charge in [0.15, 0.2) is 0 Å². The standard InChI is InChI=1S/C21H25ClFN3O5S/c22-6-1-9-32(30,31)25-7-4-13(5-8-25)15-10-14(23)11-16-17(15)12-26(21(16)29)18-2-3-19(27)24-20(18)28/h10-11,13,18H,1-9,12H2,(H,24,27,28). The van der Waals surface area contributed by atoms with Crippen molar-refractivity contribution < 1.29 is 27.2 Å². The lowest BCUT2D eigenvalue weighted by Crippen LogP contribution is -2.52. The van der Waals surface area contributed by atoms with E-state index in [-0.39, 0.29) is 48.4 Å². The number of imide groups is 1. The average Bonchev–Trinajstić information content (AvgIpc) is 3.08. The number of hydrogen-bond acceptors (Lipinski definition) is 5. The maximum absolute atomic E-state index is 14.4. The van der Waals surface area contributed by atoms with Crippen LogP contribution in [0.25, 0.3) is 0 Å². The second kappa shape index (κ2) is 9.07. The number of hydrogen-bond donors (Lipinski definition) is 1. The fourth-order valence-electron chi connectivity index (χ4n) is 4.83. The summed E-state index contributed by atoms with van der Waals surface area (Å²) in [6.07, 6.45) is 1.81. The molecule has 0 aromatic heterocycles. The molecule has 3 amide bonds. The fourth-order valence-corrected chi connectivity index (χ4v) is 6.66. The first-order chi connectivity index (χ1) is 15.2. The lowest BCUT2D eigenvalue weighted by Gasteiger charge is -2.32. The molecule has 1 unspecified atom stereocenters. The smallest absolute Gasteiger partial charge is 0.255 e. The molecular formula is C21H25ClFN3O5S. The summed E-state index contributed by atoms with van der Waals surface area (Å²) in [5.74, 6) is -1.64. The maximum atomic E-state index is 14.4. The number of nitrogens with zero attached hydrogens (tertiary/aromatic N) is 2. The minimum absolute atomic E-state index is 0.00590. The number of benzene rings is 1. The second-order valence-electron chi connectivity index (χ2n) is 8.45. The van der Waals surface area contributed by atoms with Crippen LogP contribution in [0.2, 0.25) is 0 Å². The Hall–Kier alpha value is -2.04. The van der Waals surface area contributed by atoms with Crippen LogP contribution in [0, 0.1) is 5.82 Å². The largest absolute Gasteiger partial charge is 0.322 e. The Bertz CT molecular complexity index is 1060. The van der Waals surface area contributed by atoms with Crippen molar-refractivity contribution in [2.24, 2.45) is 0 Å². The van der Waals surface area contributed by atoms with Gasteiger partial charge in [-0.15, -0.1) is 11.6 Å². The molecule has 1 atom stereocenters. The highest BCUT2D eigenvalue weighted by Gasteiger charge is 2.41. The van der Waals surface area contributed by atoms with Crippen molar-refractivity contribution >= 4 is 39.3 Å². The number of amides is 3. The van der Waals surface area contributed by atoms with Gasteiger partial charge < -0.3 is 4.90 Å². The number of sulfonamides is 1. The van der Waals surface area contributed by atoms with Crippen LogP contribution < -0.4 is 5.32 Å². The van der Waals surface area contributed by atoms with Gasteiger partial charge in [-0.2, -0.15) is 0 Å². The number of carbonyl (C=O) groups is 3. The third-order valence-electron chi connectivity index (χ3n) is 6.48. The molecule has 32 heavy (non-hydrogen) atoms. The van der Waals surface area contributed by atoms with Crippen molar-refractivity contribution in [1.29, 1.82) is 0 Å². The second-order valence-corrected chi connectivity index (χ2v) is 10.9. The maximum Gasteiger partial charge on any atom is 0.255 e. The number of halogens is 2. The number of alkyl halides is 1. The van der Waals surface area contributed by atoms with Crippen LogP contribution in [0.5, 0.6) is 0 Å². The zero-order chi connectivity index (χ0) is 23.0. The van der Waals surface area contributed by atoms with Crippen molar-refractivity contribution in [2.75, 3.05) is 24.7 Å². The van der Waals surface area contributed by atoms with Crippen LogP contribution >= 0.6 is 11.6 Å². The van der Waals surface area contributed by atoms with E-state index >= 15 is 0 Å². The van der Waals surface area contributed by atoms with Crippen molar-refractivity contribution in [1.82, 2.24) is 14.5 Å². The number of rotatable bonds is 6. The normalized spacial score (nSPS) is 22.9. The van der Waals surface area contributed by atoms with Gasteiger partial charge >= 0.3 is 0 Å². The van der Waals surface area contributed by atoms with Crippen molar-refractivity contribution in [2.45, 2.75) is 50.6 Å². The molecule has 174 valence electrons. The van der Waals surface area contributed by atoms with E-state index in [1.807, 2.05) is 0 Å². The predicted octanol–water partition coefficient (Wildman–Crippen LogP) is 1.72. The number of carbonyl (C=O) groups excluding carboxylic acids is 3. The highest BCUT2D eigenvalue weighted by atomic mass is 35.5. The van der Waals surface area contributed by atoms with Crippen molar-refractivity contribution in [3.05, 3.63) is 34.6 Å².